The molecule has 8 heteroatoms. The molecule has 2 bridgehead atoms. The number of allylic oxidation sites excluding steroid dienone is 4. The molecular weight excluding hydrogens is 591 g/mol. The van der Waals surface area contributed by atoms with Crippen LogP contribution >= 0.6 is 11.3 Å². The SMILES string of the molecule is C[C@]12CC[C@H]3[C@]4(C=C[C@@]5(C=C4C(=O)C4CCCCC4)CC(O)CC[C@]35C)[C@@H]1CC[C@@]2(O)CN(CCc1cccs1)S(C)(=O)=O. The predicted molar refractivity (Wildman–Crippen MR) is 175 cm³/mol. The lowest BCUT2D eigenvalue weighted by molar-refractivity contribution is -0.177. The summed E-state index contributed by atoms with van der Waals surface area (Å²) in [5, 5.41) is 25.6. The highest BCUT2D eigenvalue weighted by Gasteiger charge is 2.74. The average molecular weight is 642 g/mol. The van der Waals surface area contributed by atoms with E-state index >= 15 is 0 Å². The van der Waals surface area contributed by atoms with Gasteiger partial charge < -0.3 is 10.2 Å². The zero-order chi connectivity index (χ0) is 31.2. The molecule has 242 valence electrons. The van der Waals surface area contributed by atoms with E-state index in [2.05, 4.69) is 32.1 Å². The van der Waals surface area contributed by atoms with Crippen LogP contribution in [0.1, 0.15) is 95.8 Å². The van der Waals surface area contributed by atoms with Crippen LogP contribution in [0.5, 0.6) is 0 Å². The lowest BCUT2D eigenvalue weighted by atomic mass is 9.32. The van der Waals surface area contributed by atoms with E-state index in [1.165, 1.54) is 17.0 Å². The van der Waals surface area contributed by atoms with Crippen molar-refractivity contribution < 1.29 is 23.4 Å². The van der Waals surface area contributed by atoms with Crippen LogP contribution in [-0.2, 0) is 21.2 Å². The zero-order valence-corrected chi connectivity index (χ0v) is 28.4. The summed E-state index contributed by atoms with van der Waals surface area (Å²) in [5.74, 6) is 0.689. The first-order valence-electron chi connectivity index (χ1n) is 17.1. The third-order valence-corrected chi connectivity index (χ3v) is 16.2. The van der Waals surface area contributed by atoms with Crippen LogP contribution in [0.4, 0.5) is 0 Å². The molecule has 6 nitrogen and oxygen atoms in total. The van der Waals surface area contributed by atoms with Crippen molar-refractivity contribution in [2.24, 2.45) is 39.4 Å². The lowest BCUT2D eigenvalue weighted by Crippen LogP contribution is -2.67. The number of aliphatic hydroxyl groups excluding tert-OH is 1. The van der Waals surface area contributed by atoms with Gasteiger partial charge in [0.05, 0.1) is 18.0 Å². The third kappa shape index (κ3) is 4.40. The molecule has 4 saturated carbocycles. The number of Topliss-reactive ketones (excluding diaryl/α,β-unsaturated/α-hetero) is 1. The third-order valence-electron chi connectivity index (χ3n) is 14.0. The van der Waals surface area contributed by atoms with E-state index in [9.17, 15) is 23.4 Å². The van der Waals surface area contributed by atoms with E-state index in [4.69, 9.17) is 0 Å². The number of aliphatic hydroxyl groups is 2. The minimum absolute atomic E-state index is 0.0504. The van der Waals surface area contributed by atoms with E-state index in [1.54, 1.807) is 11.3 Å². The van der Waals surface area contributed by atoms with Gasteiger partial charge in [-0.15, -0.1) is 11.3 Å². The monoisotopic (exact) mass is 641 g/mol. The lowest BCUT2D eigenvalue weighted by Gasteiger charge is -2.71. The molecule has 1 aromatic rings. The van der Waals surface area contributed by atoms with Gasteiger partial charge in [0.15, 0.2) is 5.78 Å². The number of sulfonamides is 1. The van der Waals surface area contributed by atoms with Crippen molar-refractivity contribution in [3.63, 3.8) is 0 Å². The summed E-state index contributed by atoms with van der Waals surface area (Å²) in [6, 6.07) is 4.02. The Labute approximate surface area is 268 Å². The van der Waals surface area contributed by atoms with E-state index < -0.39 is 26.5 Å². The van der Waals surface area contributed by atoms with Crippen molar-refractivity contribution in [3.8, 4) is 0 Å². The molecule has 1 aromatic heterocycles. The summed E-state index contributed by atoms with van der Waals surface area (Å²) in [5.41, 5.74) is -1.57. The Hall–Kier alpha value is -1.32. The molecule has 2 spiro atoms. The topological polar surface area (TPSA) is 94.9 Å². The Morgan fingerprint density at radius 1 is 1.00 bits per heavy atom. The molecule has 1 unspecified atom stereocenters. The van der Waals surface area contributed by atoms with Crippen LogP contribution in [0.3, 0.4) is 0 Å². The molecule has 8 atom stereocenters. The minimum Gasteiger partial charge on any atom is -0.393 e. The van der Waals surface area contributed by atoms with Crippen LogP contribution in [0.25, 0.3) is 0 Å². The van der Waals surface area contributed by atoms with Gasteiger partial charge in [-0.2, -0.15) is 4.31 Å². The molecule has 0 amide bonds. The van der Waals surface area contributed by atoms with E-state index in [1.807, 2.05) is 17.5 Å². The molecule has 2 N–H and O–H groups in total. The number of nitrogens with zero attached hydrogens (tertiary/aromatic N) is 1. The zero-order valence-electron chi connectivity index (χ0n) is 26.8. The van der Waals surface area contributed by atoms with Crippen LogP contribution in [0.15, 0.2) is 41.3 Å². The van der Waals surface area contributed by atoms with E-state index in [0.717, 1.165) is 68.2 Å². The Morgan fingerprint density at radius 3 is 2.41 bits per heavy atom. The quantitative estimate of drug-likeness (QED) is 0.326. The Morgan fingerprint density at radius 2 is 1.70 bits per heavy atom. The molecule has 0 aromatic carbocycles. The summed E-state index contributed by atoms with van der Waals surface area (Å²) in [6.07, 6.45) is 19.3. The molecule has 8 rings (SSSR count). The second kappa shape index (κ2) is 10.6. The molecule has 4 fully saturated rings. The van der Waals surface area contributed by atoms with Crippen molar-refractivity contribution >= 4 is 27.1 Å². The van der Waals surface area contributed by atoms with Crippen LogP contribution < -0.4 is 0 Å². The molecule has 0 saturated heterocycles. The smallest absolute Gasteiger partial charge is 0.211 e. The van der Waals surface area contributed by atoms with Gasteiger partial charge in [-0.1, -0.05) is 57.4 Å². The number of hydrogen-bond donors (Lipinski definition) is 2. The maximum Gasteiger partial charge on any atom is 0.211 e. The molecule has 0 aliphatic heterocycles. The molecule has 7 aliphatic carbocycles. The first-order valence-corrected chi connectivity index (χ1v) is 19.9. The number of hydrogen-bond acceptors (Lipinski definition) is 6. The number of carbonyl (C=O) groups is 1. The fourth-order valence-corrected chi connectivity index (χ4v) is 13.1. The maximum atomic E-state index is 14.7. The number of carbonyl (C=O) groups excluding carboxylic acids is 1. The highest BCUT2D eigenvalue weighted by molar-refractivity contribution is 7.88. The molecule has 1 heterocycles. The first kappa shape index (κ1) is 31.3. The number of ketones is 1. The molecule has 0 radical (unpaired) electrons. The van der Waals surface area contributed by atoms with Gasteiger partial charge in [-0.3, -0.25) is 4.79 Å². The van der Waals surface area contributed by atoms with Crippen molar-refractivity contribution in [2.75, 3.05) is 19.3 Å². The maximum absolute atomic E-state index is 14.7. The van der Waals surface area contributed by atoms with Crippen molar-refractivity contribution in [1.82, 2.24) is 4.31 Å². The highest BCUT2D eigenvalue weighted by Crippen LogP contribution is 2.78. The highest BCUT2D eigenvalue weighted by atomic mass is 32.2. The number of rotatable bonds is 8. The molecule has 44 heavy (non-hydrogen) atoms. The number of thiophene rings is 1. The van der Waals surface area contributed by atoms with Crippen LogP contribution in [0.2, 0.25) is 0 Å². The van der Waals surface area contributed by atoms with Gasteiger partial charge in [0.1, 0.15) is 0 Å². The first-order chi connectivity index (χ1) is 20.8. The minimum atomic E-state index is -3.54. The molecule has 7 aliphatic rings. The largest absolute Gasteiger partial charge is 0.393 e. The van der Waals surface area contributed by atoms with Gasteiger partial charge in [0.2, 0.25) is 10.0 Å². The van der Waals surface area contributed by atoms with Crippen molar-refractivity contribution in [3.05, 3.63) is 46.2 Å². The van der Waals surface area contributed by atoms with Gasteiger partial charge in [0, 0.05) is 45.7 Å². The second-order valence-electron chi connectivity index (χ2n) is 15.9. The number of fused-ring (bicyclic) bond motifs is 1. The normalized spacial score (nSPS) is 43.4. The summed E-state index contributed by atoms with van der Waals surface area (Å²) < 4.78 is 27.7. The fourth-order valence-electron chi connectivity index (χ4n) is 11.5. The standard InChI is InChI=1S/C36H51NO5S2/c1-32-15-11-26(38)22-34(32)18-19-36(28(23-34)31(39)25-8-5-4-6-9-25)29(32)12-16-33(2)30(36)13-17-35(33,40)24-37(44(3,41)42)20-14-27-10-7-21-43-27/h7,10,18-19,21,23,25-26,29-30,38,40H,4-6,8-9,11-17,20,22,24H2,1-3H3/t26?,29-,30-,32-,33+,34+,35-,36-/m1/s1. The summed E-state index contributed by atoms with van der Waals surface area (Å²) in [7, 11) is -3.54. The molecular formula is C36H51NO5S2. The van der Waals surface area contributed by atoms with Crippen LogP contribution in [-0.4, -0.2) is 59.8 Å². The van der Waals surface area contributed by atoms with Crippen molar-refractivity contribution in [1.29, 1.82) is 0 Å². The summed E-state index contributed by atoms with van der Waals surface area (Å²) in [6.45, 7) is 5.07. The average Bonchev–Trinajstić information content (AvgIpc) is 3.60. The Kier molecular flexibility index (Phi) is 7.54. The van der Waals surface area contributed by atoms with Gasteiger partial charge >= 0.3 is 0 Å². The second-order valence-corrected chi connectivity index (χ2v) is 19.0. The van der Waals surface area contributed by atoms with Gasteiger partial charge in [0.25, 0.3) is 0 Å². The van der Waals surface area contributed by atoms with E-state index in [-0.39, 0.29) is 41.2 Å². The Bertz CT molecular complexity index is 1460. The van der Waals surface area contributed by atoms with Gasteiger partial charge in [-0.25, -0.2) is 8.42 Å². The summed E-state index contributed by atoms with van der Waals surface area (Å²) >= 11 is 1.63. The van der Waals surface area contributed by atoms with Crippen LogP contribution in [0, 0.1) is 39.4 Å². The van der Waals surface area contributed by atoms with Gasteiger partial charge in [-0.05, 0) is 92.9 Å². The predicted octanol–water partition coefficient (Wildman–Crippen LogP) is 6.29. The fraction of sp³-hybridized carbons (Fsp3) is 0.750. The Balaban J connectivity index is 1.28. The van der Waals surface area contributed by atoms with Crippen molar-refractivity contribution in [2.45, 2.75) is 109 Å². The van der Waals surface area contributed by atoms with E-state index in [0.29, 0.717) is 31.6 Å². The summed E-state index contributed by atoms with van der Waals surface area (Å²) in [4.78, 5) is 15.8.